The molecule has 0 aliphatic carbocycles. The molecule has 0 aliphatic heterocycles. The van der Waals surface area contributed by atoms with E-state index in [4.69, 9.17) is 4.42 Å². The number of hydrogen-bond donors (Lipinski definition) is 2. The van der Waals surface area contributed by atoms with Gasteiger partial charge in [-0.05, 0) is 5.76 Å². The molecule has 0 aliphatic rings. The first-order valence-electron chi connectivity index (χ1n) is 2.40. The molecular formula is C6H7NaOS3. The Balaban J connectivity index is 0. The summed E-state index contributed by atoms with van der Waals surface area (Å²) in [6.45, 7) is 3.51. The molecule has 0 atom stereocenters. The fraction of sp³-hybridized carbons (Fsp3) is 0. The molecule has 1 rings (SSSR count). The topological polar surface area (TPSA) is 13.1 Å². The molecule has 56 valence electrons. The third kappa shape index (κ3) is 13.9. The van der Waals surface area contributed by atoms with E-state index in [1.54, 1.807) is 12.3 Å². The molecule has 1 heterocycles. The van der Waals surface area contributed by atoms with Crippen LogP contribution in [0.25, 0.3) is 0 Å². The first-order chi connectivity index (χ1) is 4.63. The summed E-state index contributed by atoms with van der Waals surface area (Å²) < 4.78 is 5.11. The van der Waals surface area contributed by atoms with Crippen molar-refractivity contribution in [2.24, 2.45) is 0 Å². The van der Waals surface area contributed by atoms with Gasteiger partial charge in [0.15, 0.2) is 0 Å². The van der Waals surface area contributed by atoms with E-state index in [1.165, 1.54) is 0 Å². The summed E-state index contributed by atoms with van der Waals surface area (Å²) in [4.78, 5) is 0. The molecule has 0 spiro atoms. The molecule has 5 heteroatoms. The van der Waals surface area contributed by atoms with Crippen LogP contribution >= 0.6 is 37.5 Å². The maximum atomic E-state index is 4.72. The third-order valence-electron chi connectivity index (χ3n) is 0.580. The minimum absolute atomic E-state index is 0. The summed E-state index contributed by atoms with van der Waals surface area (Å²) in [5, 5.41) is 0. The van der Waals surface area contributed by atoms with Gasteiger partial charge in [0.1, 0.15) is 0 Å². The smallest absolute Gasteiger partial charge is 0.504 e. The Bertz CT molecular complexity index is 182. The van der Waals surface area contributed by atoms with Crippen molar-refractivity contribution in [3.63, 3.8) is 0 Å². The molecule has 1 aromatic heterocycles. The third-order valence-corrected chi connectivity index (χ3v) is 0.580. The van der Waals surface area contributed by atoms with Gasteiger partial charge in [0.05, 0.1) is 9.79 Å². The summed E-state index contributed by atoms with van der Waals surface area (Å²) in [5.41, 5.74) is 0. The number of rotatable bonds is 0. The van der Waals surface area contributed by atoms with Crippen LogP contribution in [0.5, 0.6) is 0 Å². The average molecular weight is 214 g/mol. The van der Waals surface area contributed by atoms with Crippen LogP contribution in [0.2, 0.25) is 0 Å². The van der Waals surface area contributed by atoms with Crippen LogP contribution < -0.4 is 29.6 Å². The SMILES string of the molecule is S=C(S)S.[CH2-]c1ccco1.[Na+]. The van der Waals surface area contributed by atoms with Gasteiger partial charge >= 0.3 is 29.6 Å². The quantitative estimate of drug-likeness (QED) is 0.264. The monoisotopic (exact) mass is 214 g/mol. The van der Waals surface area contributed by atoms with Crippen LogP contribution in [-0.4, -0.2) is 3.53 Å². The van der Waals surface area contributed by atoms with E-state index in [0.29, 0.717) is 3.53 Å². The van der Waals surface area contributed by atoms with Gasteiger partial charge in [0.25, 0.3) is 0 Å². The second kappa shape index (κ2) is 9.03. The second-order valence-electron chi connectivity index (χ2n) is 1.36. The zero-order chi connectivity index (χ0) is 7.98. The minimum atomic E-state index is 0. The van der Waals surface area contributed by atoms with Crippen LogP contribution in [0, 0.1) is 6.92 Å². The Kier molecular flexibility index (Phi) is 11.9. The van der Waals surface area contributed by atoms with Gasteiger partial charge in [-0.3, -0.25) is 0 Å². The molecule has 0 saturated carbocycles. The Morgan fingerprint density at radius 1 is 1.55 bits per heavy atom. The summed E-state index contributed by atoms with van der Waals surface area (Å²) >= 11 is 11.4. The molecule has 0 unspecified atom stereocenters. The maximum Gasteiger partial charge on any atom is 1.00 e. The van der Waals surface area contributed by atoms with Gasteiger partial charge in [-0.1, -0.05) is 12.2 Å². The van der Waals surface area contributed by atoms with E-state index in [1.807, 2.05) is 6.07 Å². The van der Waals surface area contributed by atoms with Crippen molar-refractivity contribution in [3.8, 4) is 0 Å². The van der Waals surface area contributed by atoms with E-state index in [0.717, 1.165) is 5.76 Å². The van der Waals surface area contributed by atoms with Gasteiger partial charge in [-0.15, -0.1) is 31.3 Å². The summed E-state index contributed by atoms with van der Waals surface area (Å²) in [7, 11) is 0. The molecule has 0 N–H and O–H groups in total. The fourth-order valence-electron chi connectivity index (χ4n) is 0.313. The van der Waals surface area contributed by atoms with E-state index in [9.17, 15) is 0 Å². The molecule has 11 heavy (non-hydrogen) atoms. The van der Waals surface area contributed by atoms with Crippen LogP contribution in [0.1, 0.15) is 5.76 Å². The standard InChI is InChI=1S/C5H5O.CH2S3.Na/c1-5-3-2-4-6-5;2-1(3)4;/h2-4H,1H2;(H2,2,3,4);/q-1;;+1. The maximum absolute atomic E-state index is 4.72. The number of thiocarbonyl (C=S) groups is 1. The normalized spacial score (nSPS) is 7.09. The molecule has 0 saturated heterocycles. The van der Waals surface area contributed by atoms with Crippen molar-refractivity contribution in [3.05, 3.63) is 31.1 Å². The van der Waals surface area contributed by atoms with Gasteiger partial charge in [-0.2, -0.15) is 6.07 Å². The molecule has 0 amide bonds. The van der Waals surface area contributed by atoms with Gasteiger partial charge in [0.2, 0.25) is 0 Å². The van der Waals surface area contributed by atoms with E-state index in [2.05, 4.69) is 44.4 Å². The summed E-state index contributed by atoms with van der Waals surface area (Å²) in [6.07, 6.45) is 1.60. The Labute approximate surface area is 105 Å². The zero-order valence-corrected chi connectivity index (χ0v) is 10.8. The van der Waals surface area contributed by atoms with Crippen molar-refractivity contribution in [1.29, 1.82) is 0 Å². The Hall–Kier alpha value is 0.940. The molecule has 0 aromatic carbocycles. The predicted molar refractivity (Wildman–Crippen MR) is 53.7 cm³/mol. The molecule has 1 aromatic rings. The first-order valence-corrected chi connectivity index (χ1v) is 3.70. The van der Waals surface area contributed by atoms with Crippen LogP contribution in [0.15, 0.2) is 22.8 Å². The predicted octanol–water partition coefficient (Wildman–Crippen LogP) is -0.403. The molecule has 0 bridgehead atoms. The van der Waals surface area contributed by atoms with E-state index in [-0.39, 0.29) is 29.6 Å². The second-order valence-corrected chi connectivity index (χ2v) is 3.62. The van der Waals surface area contributed by atoms with Crippen molar-refractivity contribution in [2.45, 2.75) is 0 Å². The van der Waals surface area contributed by atoms with Gasteiger partial charge in [0, 0.05) is 0 Å². The average Bonchev–Trinajstić information content (AvgIpc) is 2.15. The van der Waals surface area contributed by atoms with E-state index < -0.39 is 0 Å². The van der Waals surface area contributed by atoms with Crippen molar-refractivity contribution in [2.75, 3.05) is 0 Å². The van der Waals surface area contributed by atoms with Crippen LogP contribution in [0.4, 0.5) is 0 Å². The Morgan fingerprint density at radius 2 is 2.00 bits per heavy atom. The summed E-state index contributed by atoms with van der Waals surface area (Å²) in [5.74, 6) is 0.718. The minimum Gasteiger partial charge on any atom is -0.504 e. The zero-order valence-electron chi connectivity index (χ0n) is 6.15. The first kappa shape index (κ1) is 14.5. The molecule has 1 nitrogen and oxygen atoms in total. The van der Waals surface area contributed by atoms with Crippen molar-refractivity contribution in [1.82, 2.24) is 0 Å². The molecule has 0 fully saturated rings. The van der Waals surface area contributed by atoms with E-state index >= 15 is 0 Å². The van der Waals surface area contributed by atoms with Crippen molar-refractivity contribution < 1.29 is 34.0 Å². The van der Waals surface area contributed by atoms with Gasteiger partial charge in [-0.25, -0.2) is 6.92 Å². The fourth-order valence-corrected chi connectivity index (χ4v) is 0.313. The molecular weight excluding hydrogens is 207 g/mol. The summed E-state index contributed by atoms with van der Waals surface area (Å²) in [6, 6.07) is 3.61. The van der Waals surface area contributed by atoms with Crippen molar-refractivity contribution >= 4 is 41.0 Å². The number of hydrogen-bond acceptors (Lipinski definition) is 2. The Morgan fingerprint density at radius 3 is 2.09 bits per heavy atom. The van der Waals surface area contributed by atoms with Crippen LogP contribution in [0.3, 0.4) is 0 Å². The van der Waals surface area contributed by atoms with Crippen LogP contribution in [-0.2, 0) is 0 Å². The molecule has 0 radical (unpaired) electrons. The number of thiol groups is 2. The largest absolute Gasteiger partial charge is 1.00 e. The van der Waals surface area contributed by atoms with Gasteiger partial charge < -0.3 is 4.42 Å². The number of furan rings is 1.